The van der Waals surface area contributed by atoms with Crippen LogP contribution in [-0.4, -0.2) is 69.3 Å². The van der Waals surface area contributed by atoms with Gasteiger partial charge in [0.25, 0.3) is 5.91 Å². The number of aromatic nitrogens is 2. The third kappa shape index (κ3) is 5.49. The molecule has 2 aliphatic heterocycles. The lowest BCUT2D eigenvalue weighted by Crippen LogP contribution is -2.44. The number of benzene rings is 1. The number of imidazole rings is 1. The highest BCUT2D eigenvalue weighted by molar-refractivity contribution is 6.35. The Kier molecular flexibility index (Phi) is 7.28. The lowest BCUT2D eigenvalue weighted by Gasteiger charge is -2.30. The second-order valence-corrected chi connectivity index (χ2v) is 10.5. The van der Waals surface area contributed by atoms with Gasteiger partial charge in [0.1, 0.15) is 5.60 Å². The van der Waals surface area contributed by atoms with Crippen LogP contribution in [0.3, 0.4) is 0 Å². The third-order valence-electron chi connectivity index (χ3n) is 5.93. The molecule has 2 atom stereocenters. The second kappa shape index (κ2) is 10.1. The summed E-state index contributed by atoms with van der Waals surface area (Å²) in [5, 5.41) is 6.20. The van der Waals surface area contributed by atoms with E-state index in [-0.39, 0.29) is 18.5 Å². The van der Waals surface area contributed by atoms with E-state index in [0.717, 1.165) is 5.01 Å². The lowest BCUT2D eigenvalue weighted by molar-refractivity contribution is -0.115. The third-order valence-corrected chi connectivity index (χ3v) is 6.23. The van der Waals surface area contributed by atoms with Crippen molar-refractivity contribution in [3.63, 3.8) is 0 Å². The molecule has 2 aliphatic rings. The fourth-order valence-electron chi connectivity index (χ4n) is 4.32. The molecule has 5 N–H and O–H groups in total. The van der Waals surface area contributed by atoms with Crippen LogP contribution in [0.1, 0.15) is 33.7 Å². The number of amides is 2. The minimum atomic E-state index is -0.648. The van der Waals surface area contributed by atoms with Crippen molar-refractivity contribution < 1.29 is 14.3 Å². The first-order valence-corrected chi connectivity index (χ1v) is 12.2. The monoisotopic (exact) mass is 516 g/mol. The number of fused-ring (bicyclic) bond motifs is 1. The summed E-state index contributed by atoms with van der Waals surface area (Å²) in [5.74, 6) is 12.5. The zero-order valence-electron chi connectivity index (χ0n) is 20.9. The summed E-state index contributed by atoms with van der Waals surface area (Å²) >= 11 is 6.62. The number of carbonyl (C=O) groups excluding carboxylic acids is 2. The number of hydrogen-bond acceptors (Lipinski definition) is 8. The molecule has 1 aromatic heterocycles. The van der Waals surface area contributed by atoms with Gasteiger partial charge >= 0.3 is 6.09 Å². The number of anilines is 1. The number of dihydropyridines is 1. The Labute approximate surface area is 215 Å². The van der Waals surface area contributed by atoms with Gasteiger partial charge in [-0.1, -0.05) is 17.7 Å². The van der Waals surface area contributed by atoms with E-state index in [1.165, 1.54) is 0 Å². The number of nitrogens with two attached hydrogens (primary N) is 2. The van der Waals surface area contributed by atoms with E-state index < -0.39 is 23.6 Å². The van der Waals surface area contributed by atoms with Crippen LogP contribution in [0.2, 0.25) is 5.02 Å². The maximum absolute atomic E-state index is 13.3. The lowest BCUT2D eigenvalue weighted by atomic mass is 10.1. The molecule has 2 aromatic rings. The fourth-order valence-corrected chi connectivity index (χ4v) is 4.58. The van der Waals surface area contributed by atoms with Gasteiger partial charge in [-0.05, 0) is 58.2 Å². The predicted octanol–water partition coefficient (Wildman–Crippen LogP) is 2.30. The molecule has 11 nitrogen and oxygen atoms in total. The number of nitrogens with one attached hydrogen (secondary N) is 1. The molecule has 2 amide bonds. The van der Waals surface area contributed by atoms with E-state index in [2.05, 4.69) is 10.3 Å². The Balaban J connectivity index is 1.77. The van der Waals surface area contributed by atoms with Crippen molar-refractivity contribution in [1.82, 2.24) is 24.8 Å². The minimum Gasteiger partial charge on any atom is -0.444 e. The molecule has 1 fully saturated rings. The van der Waals surface area contributed by atoms with Gasteiger partial charge in [-0.15, -0.1) is 0 Å². The van der Waals surface area contributed by atoms with E-state index in [4.69, 9.17) is 28.0 Å². The zero-order chi connectivity index (χ0) is 26.2. The van der Waals surface area contributed by atoms with Crippen molar-refractivity contribution in [2.75, 3.05) is 31.2 Å². The highest BCUT2D eigenvalue weighted by atomic mass is 35.5. The molecule has 1 aromatic carbocycles. The van der Waals surface area contributed by atoms with Gasteiger partial charge in [0.2, 0.25) is 5.95 Å². The summed E-state index contributed by atoms with van der Waals surface area (Å²) < 4.78 is 7.42. The molecule has 0 radical (unpaired) electrons. The standard InChI is InChI=1S/C24H33ClN8O3/c1-15-12-16(8-9-28-15)21(34)33(27)22-29-19-7-5-6-18(25)20(19)32(22)17-13-30(10-11-31(26)14-17)23(35)36-24(2,3)4/h5-9,12,15,17,28H,10-11,13-14,26-27H2,1-4H3. The molecule has 4 rings (SSSR count). The van der Waals surface area contributed by atoms with Crippen LogP contribution < -0.4 is 22.0 Å². The van der Waals surface area contributed by atoms with Gasteiger partial charge in [-0.25, -0.2) is 25.6 Å². The maximum atomic E-state index is 13.3. The zero-order valence-corrected chi connectivity index (χ0v) is 21.7. The molecule has 194 valence electrons. The molecule has 0 spiro atoms. The Morgan fingerprint density at radius 1 is 1.25 bits per heavy atom. The summed E-state index contributed by atoms with van der Waals surface area (Å²) in [6, 6.07) is 4.89. The van der Waals surface area contributed by atoms with Gasteiger partial charge in [0.05, 0.1) is 22.1 Å². The van der Waals surface area contributed by atoms with Crippen LogP contribution in [0, 0.1) is 0 Å². The first-order valence-electron chi connectivity index (χ1n) is 11.8. The van der Waals surface area contributed by atoms with Crippen molar-refractivity contribution in [1.29, 1.82) is 0 Å². The number of nitrogens with zero attached hydrogens (tertiary/aromatic N) is 5. The largest absolute Gasteiger partial charge is 0.444 e. The summed E-state index contributed by atoms with van der Waals surface area (Å²) in [6.07, 6.45) is 4.72. The number of hydrogen-bond donors (Lipinski definition) is 3. The van der Waals surface area contributed by atoms with Crippen LogP contribution in [0.15, 0.2) is 42.1 Å². The van der Waals surface area contributed by atoms with Crippen LogP contribution >= 0.6 is 11.6 Å². The van der Waals surface area contributed by atoms with Gasteiger partial charge in [0, 0.05) is 37.8 Å². The summed E-state index contributed by atoms with van der Waals surface area (Å²) in [6.45, 7) is 8.84. The normalized spacial score (nSPS) is 21.1. The highest BCUT2D eigenvalue weighted by Crippen LogP contribution is 2.33. The van der Waals surface area contributed by atoms with E-state index in [0.29, 0.717) is 41.3 Å². The first kappa shape index (κ1) is 26.0. The van der Waals surface area contributed by atoms with E-state index >= 15 is 0 Å². The molecular weight excluding hydrogens is 484 g/mol. The predicted molar refractivity (Wildman–Crippen MR) is 139 cm³/mol. The smallest absolute Gasteiger partial charge is 0.410 e. The highest BCUT2D eigenvalue weighted by Gasteiger charge is 2.33. The fraction of sp³-hybridized carbons (Fsp3) is 0.458. The molecule has 2 unspecified atom stereocenters. The Morgan fingerprint density at radius 2 is 2.00 bits per heavy atom. The topological polar surface area (TPSA) is 135 Å². The van der Waals surface area contributed by atoms with Crippen molar-refractivity contribution in [3.8, 4) is 0 Å². The van der Waals surface area contributed by atoms with Crippen LogP contribution in [-0.2, 0) is 9.53 Å². The summed E-state index contributed by atoms with van der Waals surface area (Å²) in [7, 11) is 0. The number of ether oxygens (including phenoxy) is 1. The number of carbonyl (C=O) groups is 2. The molecule has 1 saturated heterocycles. The van der Waals surface area contributed by atoms with Crippen molar-refractivity contribution in [2.24, 2.45) is 11.7 Å². The van der Waals surface area contributed by atoms with Crippen LogP contribution in [0.25, 0.3) is 11.0 Å². The second-order valence-electron chi connectivity index (χ2n) is 10.1. The van der Waals surface area contributed by atoms with Gasteiger partial charge in [0.15, 0.2) is 0 Å². The van der Waals surface area contributed by atoms with Crippen LogP contribution in [0.5, 0.6) is 0 Å². The van der Waals surface area contributed by atoms with Gasteiger partial charge in [-0.3, -0.25) is 10.6 Å². The first-order chi connectivity index (χ1) is 16.9. The van der Waals surface area contributed by atoms with Crippen molar-refractivity contribution >= 4 is 40.6 Å². The van der Waals surface area contributed by atoms with Gasteiger partial charge in [-0.2, -0.15) is 0 Å². The van der Waals surface area contributed by atoms with E-state index in [1.807, 2.05) is 27.7 Å². The Bertz CT molecular complexity index is 1220. The minimum absolute atomic E-state index is 0.0225. The summed E-state index contributed by atoms with van der Waals surface area (Å²) in [5.41, 5.74) is 0.960. The number of hydrazine groups is 2. The van der Waals surface area contributed by atoms with E-state index in [9.17, 15) is 9.59 Å². The molecule has 12 heteroatoms. The maximum Gasteiger partial charge on any atom is 0.410 e. The Hall–Kier alpha value is -3.12. The SMILES string of the molecule is CC1C=C(C(=O)N(N)c2nc3cccc(Cl)c3n2C2CN(N)CCN(C(=O)OC(C)(C)C)C2)C=CN1. The Morgan fingerprint density at radius 3 is 2.69 bits per heavy atom. The molecule has 3 heterocycles. The molecule has 0 aliphatic carbocycles. The van der Waals surface area contributed by atoms with Gasteiger partial charge < -0.3 is 19.5 Å². The van der Waals surface area contributed by atoms with Crippen molar-refractivity contribution in [3.05, 3.63) is 47.1 Å². The molecule has 36 heavy (non-hydrogen) atoms. The van der Waals surface area contributed by atoms with Crippen LogP contribution in [0.4, 0.5) is 10.7 Å². The number of para-hydroxylation sites is 1. The molecule has 0 saturated carbocycles. The average Bonchev–Trinajstić information content (AvgIpc) is 3.08. The summed E-state index contributed by atoms with van der Waals surface area (Å²) in [4.78, 5) is 32.6. The average molecular weight is 517 g/mol. The van der Waals surface area contributed by atoms with Crippen molar-refractivity contribution in [2.45, 2.75) is 45.4 Å². The van der Waals surface area contributed by atoms with E-state index in [1.54, 1.807) is 51.0 Å². The molecular formula is C24H33ClN8O3. The number of halogens is 1. The number of rotatable bonds is 3. The quantitative estimate of drug-likeness (QED) is 0.321. The molecule has 0 bridgehead atoms.